The molecule has 2 aliphatic rings. The molecule has 6 nitrogen and oxygen atoms in total. The number of hydrogen-bond acceptors (Lipinski definition) is 5. The maximum Gasteiger partial charge on any atom is 0.261 e. The van der Waals surface area contributed by atoms with E-state index in [-0.39, 0.29) is 17.9 Å². The summed E-state index contributed by atoms with van der Waals surface area (Å²) in [4.78, 5) is 29.3. The van der Waals surface area contributed by atoms with Crippen molar-refractivity contribution in [3.8, 4) is 0 Å². The van der Waals surface area contributed by atoms with Crippen molar-refractivity contribution in [2.75, 3.05) is 33.7 Å². The Morgan fingerprint density at radius 1 is 1.36 bits per heavy atom. The van der Waals surface area contributed by atoms with Gasteiger partial charge in [-0.25, -0.2) is 0 Å². The number of nitrogens with zero attached hydrogens (tertiary/aromatic N) is 2. The van der Waals surface area contributed by atoms with E-state index >= 15 is 0 Å². The number of thiophene rings is 1. The minimum Gasteiger partial charge on any atom is -0.390 e. The molecule has 0 aliphatic carbocycles. The van der Waals surface area contributed by atoms with E-state index < -0.39 is 6.10 Å². The Kier molecular flexibility index (Phi) is 4.02. The highest BCUT2D eigenvalue weighted by Crippen LogP contribution is 2.34. The van der Waals surface area contributed by atoms with Gasteiger partial charge < -0.3 is 20.2 Å². The van der Waals surface area contributed by atoms with E-state index in [1.54, 1.807) is 4.90 Å². The molecule has 132 valence electrons. The van der Waals surface area contributed by atoms with E-state index in [0.717, 1.165) is 26.9 Å². The first-order valence-electron chi connectivity index (χ1n) is 8.43. The van der Waals surface area contributed by atoms with Crippen LogP contribution in [0.25, 0.3) is 10.1 Å². The van der Waals surface area contributed by atoms with E-state index in [1.807, 2.05) is 37.2 Å². The second-order valence-electron chi connectivity index (χ2n) is 6.94. The third-order valence-electron chi connectivity index (χ3n) is 5.11. The number of fused-ring (bicyclic) bond motifs is 3. The monoisotopic (exact) mass is 359 g/mol. The first-order valence-corrected chi connectivity index (χ1v) is 9.24. The van der Waals surface area contributed by atoms with Gasteiger partial charge in [-0.3, -0.25) is 9.59 Å². The zero-order valence-electron chi connectivity index (χ0n) is 14.3. The molecule has 0 saturated carbocycles. The van der Waals surface area contributed by atoms with E-state index in [9.17, 15) is 14.7 Å². The van der Waals surface area contributed by atoms with Crippen LogP contribution in [0.1, 0.15) is 25.6 Å². The molecule has 1 saturated heterocycles. The third kappa shape index (κ3) is 2.72. The van der Waals surface area contributed by atoms with Gasteiger partial charge in [0.25, 0.3) is 11.8 Å². The molecule has 0 spiro atoms. The van der Waals surface area contributed by atoms with Crippen molar-refractivity contribution in [1.29, 1.82) is 0 Å². The smallest absolute Gasteiger partial charge is 0.261 e. The molecule has 1 aromatic heterocycles. The third-order valence-corrected chi connectivity index (χ3v) is 6.33. The average Bonchev–Trinajstić information content (AvgIpc) is 3.15. The lowest BCUT2D eigenvalue weighted by Gasteiger charge is -2.21. The normalized spacial score (nSPS) is 23.2. The summed E-state index contributed by atoms with van der Waals surface area (Å²) >= 11 is 1.48. The maximum absolute atomic E-state index is 12.9. The van der Waals surface area contributed by atoms with Crippen molar-refractivity contribution in [3.05, 3.63) is 34.2 Å². The van der Waals surface area contributed by atoms with Gasteiger partial charge in [0, 0.05) is 29.9 Å². The van der Waals surface area contributed by atoms with Crippen LogP contribution in [-0.2, 0) is 6.42 Å². The van der Waals surface area contributed by atoms with Crippen molar-refractivity contribution in [3.63, 3.8) is 0 Å². The van der Waals surface area contributed by atoms with Crippen molar-refractivity contribution < 1.29 is 14.7 Å². The van der Waals surface area contributed by atoms with Crippen LogP contribution in [0.4, 0.5) is 0 Å². The average molecular weight is 359 g/mol. The molecule has 1 aromatic carbocycles. The zero-order chi connectivity index (χ0) is 17.7. The van der Waals surface area contributed by atoms with E-state index in [2.05, 4.69) is 5.32 Å². The first-order chi connectivity index (χ1) is 12.0. The Morgan fingerprint density at radius 3 is 2.88 bits per heavy atom. The van der Waals surface area contributed by atoms with Gasteiger partial charge in [0.15, 0.2) is 0 Å². The Hall–Kier alpha value is -1.96. The number of β-amino-alcohol motifs (C(OH)–C–C–N with tert-alkyl or cyclic N) is 1. The van der Waals surface area contributed by atoms with Crippen LogP contribution in [0.15, 0.2) is 18.2 Å². The second-order valence-corrected chi connectivity index (χ2v) is 7.99. The summed E-state index contributed by atoms with van der Waals surface area (Å²) in [6.07, 6.45) is 0.268. The molecule has 2 aromatic rings. The summed E-state index contributed by atoms with van der Waals surface area (Å²) in [5.74, 6) is -0.0858. The van der Waals surface area contributed by atoms with Gasteiger partial charge in [-0.15, -0.1) is 11.3 Å². The lowest BCUT2D eigenvalue weighted by Crippen LogP contribution is -2.38. The highest BCUT2D eigenvalue weighted by Gasteiger charge is 2.35. The molecule has 2 N–H and O–H groups in total. The molecule has 2 aliphatic heterocycles. The van der Waals surface area contributed by atoms with Crippen LogP contribution in [0, 0.1) is 0 Å². The first kappa shape index (κ1) is 16.5. The van der Waals surface area contributed by atoms with Gasteiger partial charge in [-0.05, 0) is 49.7 Å². The number of benzene rings is 1. The molecule has 4 rings (SSSR count). The molecule has 0 bridgehead atoms. The van der Waals surface area contributed by atoms with Crippen LogP contribution in [0.3, 0.4) is 0 Å². The number of hydrogen-bond donors (Lipinski definition) is 2. The fourth-order valence-corrected chi connectivity index (χ4v) is 4.87. The lowest BCUT2D eigenvalue weighted by atomic mass is 10.0. The van der Waals surface area contributed by atoms with Crippen LogP contribution in [-0.4, -0.2) is 72.6 Å². The predicted molar refractivity (Wildman–Crippen MR) is 97.2 cm³/mol. The van der Waals surface area contributed by atoms with Gasteiger partial charge in [0.05, 0.1) is 17.0 Å². The summed E-state index contributed by atoms with van der Waals surface area (Å²) in [6.45, 7) is 1.51. The van der Waals surface area contributed by atoms with Gasteiger partial charge in [0.2, 0.25) is 0 Å². The SMILES string of the molecule is CN(C)[C@H]1CN(C(=O)c2ccc3sc4c(c3c2)CCNC4=O)C[C@@H]1O. The summed E-state index contributed by atoms with van der Waals surface area (Å²) in [7, 11) is 3.83. The number of carbonyl (C=O) groups excluding carboxylic acids is 2. The molecule has 3 heterocycles. The van der Waals surface area contributed by atoms with E-state index in [1.165, 1.54) is 11.3 Å². The fourth-order valence-electron chi connectivity index (χ4n) is 3.72. The Labute approximate surface area is 150 Å². The molecule has 7 heteroatoms. The minimum atomic E-state index is -0.528. The maximum atomic E-state index is 12.9. The molecule has 1 fully saturated rings. The van der Waals surface area contributed by atoms with Crippen LogP contribution >= 0.6 is 11.3 Å². The standard InChI is InChI=1S/C18H21N3O3S/c1-20(2)13-8-21(9-14(13)22)18(24)10-3-4-15-12(7-10)11-5-6-19-17(23)16(11)25-15/h3-4,7,13-14,22H,5-6,8-9H2,1-2H3,(H,19,23)/t13-,14-/m0/s1. The number of amides is 2. The van der Waals surface area contributed by atoms with Crippen molar-refractivity contribution in [2.45, 2.75) is 18.6 Å². The molecule has 2 amide bonds. The molecule has 2 atom stereocenters. The lowest BCUT2D eigenvalue weighted by molar-refractivity contribution is 0.0764. The highest BCUT2D eigenvalue weighted by molar-refractivity contribution is 7.21. The number of rotatable bonds is 2. The van der Waals surface area contributed by atoms with Crippen molar-refractivity contribution in [2.24, 2.45) is 0 Å². The molecule has 0 unspecified atom stereocenters. The second kappa shape index (κ2) is 6.09. The Morgan fingerprint density at radius 2 is 2.16 bits per heavy atom. The summed E-state index contributed by atoms with van der Waals surface area (Å²) in [5, 5.41) is 14.0. The van der Waals surface area contributed by atoms with E-state index in [0.29, 0.717) is 25.2 Å². The van der Waals surface area contributed by atoms with Crippen molar-refractivity contribution >= 4 is 33.2 Å². The van der Waals surface area contributed by atoms with Gasteiger partial charge in [0.1, 0.15) is 0 Å². The minimum absolute atomic E-state index is 0.0215. The number of aliphatic hydroxyl groups excluding tert-OH is 1. The zero-order valence-corrected chi connectivity index (χ0v) is 15.1. The topological polar surface area (TPSA) is 72.9 Å². The van der Waals surface area contributed by atoms with Crippen molar-refractivity contribution in [1.82, 2.24) is 15.1 Å². The Bertz CT molecular complexity index is 861. The summed E-state index contributed by atoms with van der Waals surface area (Å²) in [5.41, 5.74) is 1.66. The largest absolute Gasteiger partial charge is 0.390 e. The number of carbonyl (C=O) groups is 2. The van der Waals surface area contributed by atoms with Gasteiger partial charge in [-0.1, -0.05) is 0 Å². The van der Waals surface area contributed by atoms with Gasteiger partial charge >= 0.3 is 0 Å². The van der Waals surface area contributed by atoms with Crippen LogP contribution in [0.2, 0.25) is 0 Å². The molecular formula is C18H21N3O3S. The fraction of sp³-hybridized carbons (Fsp3) is 0.444. The molecule has 0 radical (unpaired) electrons. The van der Waals surface area contributed by atoms with Gasteiger partial charge in [-0.2, -0.15) is 0 Å². The number of aliphatic hydroxyl groups is 1. The number of likely N-dealkylation sites (tertiary alicyclic amines) is 1. The number of likely N-dealkylation sites (N-methyl/N-ethyl adjacent to an activating group) is 1. The quantitative estimate of drug-likeness (QED) is 0.837. The Balaban J connectivity index is 1.66. The summed E-state index contributed by atoms with van der Waals surface area (Å²) in [6, 6.07) is 5.61. The van der Waals surface area contributed by atoms with E-state index in [4.69, 9.17) is 0 Å². The summed E-state index contributed by atoms with van der Waals surface area (Å²) < 4.78 is 1.03. The predicted octanol–water partition coefficient (Wildman–Crippen LogP) is 0.934. The highest BCUT2D eigenvalue weighted by atomic mass is 32.1. The van der Waals surface area contributed by atoms with Crippen LogP contribution in [0.5, 0.6) is 0 Å². The van der Waals surface area contributed by atoms with Crippen LogP contribution < -0.4 is 5.32 Å². The molecular weight excluding hydrogens is 338 g/mol. The number of nitrogens with one attached hydrogen (secondary N) is 1. The molecule has 25 heavy (non-hydrogen) atoms.